The highest BCUT2D eigenvalue weighted by molar-refractivity contribution is 6.30. The molecule has 0 heterocycles. The van der Waals surface area contributed by atoms with Gasteiger partial charge in [-0.15, -0.1) is 0 Å². The molecule has 0 aliphatic rings. The lowest BCUT2D eigenvalue weighted by molar-refractivity contribution is 0.140. The van der Waals surface area contributed by atoms with Crippen LogP contribution in [0.5, 0.6) is 5.75 Å². The maximum atomic E-state index is 11.6. The SMILES string of the molecule is Cc1cc(Cl)cc(C#CCCNC(=O)OCc2ccccc2)c1O. The molecule has 124 valence electrons. The minimum atomic E-state index is -0.484. The summed E-state index contributed by atoms with van der Waals surface area (Å²) in [4.78, 5) is 11.6. The Morgan fingerprint density at radius 3 is 2.79 bits per heavy atom. The molecule has 1 amide bonds. The van der Waals surface area contributed by atoms with Crippen molar-refractivity contribution in [3.63, 3.8) is 0 Å². The fraction of sp³-hybridized carbons (Fsp3) is 0.211. The van der Waals surface area contributed by atoms with Gasteiger partial charge in [0.2, 0.25) is 0 Å². The predicted molar refractivity (Wildman–Crippen MR) is 94.0 cm³/mol. The number of ether oxygens (including phenoxy) is 1. The van der Waals surface area contributed by atoms with E-state index in [0.29, 0.717) is 29.1 Å². The molecule has 2 aromatic carbocycles. The van der Waals surface area contributed by atoms with Crippen molar-refractivity contribution in [3.8, 4) is 17.6 Å². The van der Waals surface area contributed by atoms with Crippen LogP contribution in [0.25, 0.3) is 0 Å². The first kappa shape index (κ1) is 17.7. The third kappa shape index (κ3) is 5.53. The lowest BCUT2D eigenvalue weighted by Gasteiger charge is -2.05. The highest BCUT2D eigenvalue weighted by Crippen LogP contribution is 2.25. The summed E-state index contributed by atoms with van der Waals surface area (Å²) >= 11 is 5.94. The van der Waals surface area contributed by atoms with Crippen LogP contribution in [0.4, 0.5) is 4.79 Å². The molecule has 2 rings (SSSR count). The van der Waals surface area contributed by atoms with Crippen LogP contribution in [-0.2, 0) is 11.3 Å². The zero-order valence-corrected chi connectivity index (χ0v) is 14.1. The number of hydrogen-bond acceptors (Lipinski definition) is 3. The van der Waals surface area contributed by atoms with Gasteiger partial charge < -0.3 is 15.2 Å². The van der Waals surface area contributed by atoms with Crippen LogP contribution >= 0.6 is 11.6 Å². The molecule has 2 N–H and O–H groups in total. The number of rotatable bonds is 4. The topological polar surface area (TPSA) is 58.6 Å². The number of alkyl carbamates (subject to hydrolysis) is 1. The van der Waals surface area contributed by atoms with Crippen LogP contribution in [0.1, 0.15) is 23.1 Å². The third-order valence-electron chi connectivity index (χ3n) is 3.22. The van der Waals surface area contributed by atoms with E-state index < -0.39 is 6.09 Å². The molecule has 4 nitrogen and oxygen atoms in total. The smallest absolute Gasteiger partial charge is 0.407 e. The summed E-state index contributed by atoms with van der Waals surface area (Å²) in [5, 5.41) is 13.0. The van der Waals surface area contributed by atoms with Crippen molar-refractivity contribution in [2.24, 2.45) is 0 Å². The second-order valence-electron chi connectivity index (χ2n) is 5.16. The average molecular weight is 344 g/mol. The van der Waals surface area contributed by atoms with E-state index in [1.165, 1.54) is 0 Å². The molecule has 0 aromatic heterocycles. The van der Waals surface area contributed by atoms with Crippen molar-refractivity contribution in [2.75, 3.05) is 6.54 Å². The average Bonchev–Trinajstić information content (AvgIpc) is 2.57. The maximum Gasteiger partial charge on any atom is 0.407 e. The summed E-state index contributed by atoms with van der Waals surface area (Å²) in [5.41, 5.74) is 2.08. The quantitative estimate of drug-likeness (QED) is 0.651. The predicted octanol–water partition coefficient (Wildman–Crippen LogP) is 4.02. The Balaban J connectivity index is 1.74. The normalized spacial score (nSPS) is 9.75. The van der Waals surface area contributed by atoms with Gasteiger partial charge >= 0.3 is 6.09 Å². The molecule has 0 radical (unpaired) electrons. The maximum absolute atomic E-state index is 11.6. The Morgan fingerprint density at radius 1 is 1.29 bits per heavy atom. The summed E-state index contributed by atoms with van der Waals surface area (Å²) in [6.07, 6.45) is -0.0482. The van der Waals surface area contributed by atoms with Crippen molar-refractivity contribution < 1.29 is 14.6 Å². The standard InChI is InChI=1S/C19H18ClNO3/c1-14-11-17(20)12-16(18(14)22)9-5-6-10-21-19(23)24-13-15-7-3-2-4-8-15/h2-4,7-8,11-12,22H,6,10,13H2,1H3,(H,21,23). The molecule has 5 heteroatoms. The minimum Gasteiger partial charge on any atom is -0.506 e. The number of nitrogens with one attached hydrogen (secondary N) is 1. The fourth-order valence-corrected chi connectivity index (χ4v) is 2.26. The van der Waals surface area contributed by atoms with Crippen LogP contribution in [0.2, 0.25) is 5.02 Å². The number of amides is 1. The van der Waals surface area contributed by atoms with Crippen LogP contribution in [0, 0.1) is 18.8 Å². The third-order valence-corrected chi connectivity index (χ3v) is 3.44. The van der Waals surface area contributed by atoms with Gasteiger partial charge in [-0.3, -0.25) is 0 Å². The first-order valence-electron chi connectivity index (χ1n) is 7.49. The van der Waals surface area contributed by atoms with Crippen LogP contribution in [0.3, 0.4) is 0 Å². The van der Waals surface area contributed by atoms with Crippen LogP contribution < -0.4 is 5.32 Å². The molecule has 0 saturated carbocycles. The molecule has 0 aliphatic carbocycles. The van der Waals surface area contributed by atoms with E-state index in [-0.39, 0.29) is 12.4 Å². The van der Waals surface area contributed by atoms with Gasteiger partial charge in [0.15, 0.2) is 0 Å². The molecule has 24 heavy (non-hydrogen) atoms. The van der Waals surface area contributed by atoms with Gasteiger partial charge in [0, 0.05) is 18.0 Å². The number of phenols is 1. The number of hydrogen-bond donors (Lipinski definition) is 2. The highest BCUT2D eigenvalue weighted by Gasteiger charge is 2.04. The Kier molecular flexibility index (Phi) is 6.53. The van der Waals surface area contributed by atoms with E-state index in [9.17, 15) is 9.90 Å². The lowest BCUT2D eigenvalue weighted by atomic mass is 10.1. The highest BCUT2D eigenvalue weighted by atomic mass is 35.5. The van der Waals surface area contributed by atoms with Gasteiger partial charge in [-0.1, -0.05) is 53.8 Å². The molecule has 2 aromatic rings. The van der Waals surface area contributed by atoms with Gasteiger partial charge in [-0.25, -0.2) is 4.79 Å². The van der Waals surface area contributed by atoms with E-state index in [2.05, 4.69) is 17.2 Å². The van der Waals surface area contributed by atoms with Crippen molar-refractivity contribution in [1.82, 2.24) is 5.32 Å². The number of aromatic hydroxyl groups is 1. The number of phenolic OH excluding ortho intramolecular Hbond substituents is 1. The molecular formula is C19H18ClNO3. The lowest BCUT2D eigenvalue weighted by Crippen LogP contribution is -2.24. The van der Waals surface area contributed by atoms with E-state index in [1.54, 1.807) is 19.1 Å². The first-order chi connectivity index (χ1) is 11.6. The van der Waals surface area contributed by atoms with Gasteiger partial charge in [0.25, 0.3) is 0 Å². The monoisotopic (exact) mass is 343 g/mol. The molecule has 0 unspecified atom stereocenters. The van der Waals surface area contributed by atoms with Gasteiger partial charge in [-0.05, 0) is 30.2 Å². The summed E-state index contributed by atoms with van der Waals surface area (Å²) in [7, 11) is 0. The number of carbonyl (C=O) groups is 1. The summed E-state index contributed by atoms with van der Waals surface area (Å²) < 4.78 is 5.09. The van der Waals surface area contributed by atoms with Gasteiger partial charge in [-0.2, -0.15) is 0 Å². The molecule has 0 atom stereocenters. The number of aryl methyl sites for hydroxylation is 1. The van der Waals surface area contributed by atoms with E-state index in [0.717, 1.165) is 5.56 Å². The minimum absolute atomic E-state index is 0.127. The Morgan fingerprint density at radius 2 is 2.04 bits per heavy atom. The first-order valence-corrected chi connectivity index (χ1v) is 7.86. The second-order valence-corrected chi connectivity index (χ2v) is 5.60. The van der Waals surface area contributed by atoms with E-state index >= 15 is 0 Å². The molecule has 0 spiro atoms. The second kappa shape index (κ2) is 8.85. The van der Waals surface area contributed by atoms with Gasteiger partial charge in [0.05, 0.1) is 5.56 Å². The Labute approximate surface area is 146 Å². The van der Waals surface area contributed by atoms with Crippen LogP contribution in [-0.4, -0.2) is 17.7 Å². The number of benzene rings is 2. The Bertz CT molecular complexity index is 763. The van der Waals surface area contributed by atoms with E-state index in [4.69, 9.17) is 16.3 Å². The number of halogens is 1. The molecule has 0 fully saturated rings. The zero-order chi connectivity index (χ0) is 17.4. The largest absolute Gasteiger partial charge is 0.506 e. The van der Waals surface area contributed by atoms with Crippen molar-refractivity contribution >= 4 is 17.7 Å². The Hall–Kier alpha value is -2.64. The fourth-order valence-electron chi connectivity index (χ4n) is 1.99. The van der Waals surface area contributed by atoms with Crippen molar-refractivity contribution in [1.29, 1.82) is 0 Å². The number of carbonyl (C=O) groups excluding carboxylic acids is 1. The molecule has 0 aliphatic heterocycles. The van der Waals surface area contributed by atoms with Gasteiger partial charge in [0.1, 0.15) is 12.4 Å². The zero-order valence-electron chi connectivity index (χ0n) is 13.3. The summed E-state index contributed by atoms with van der Waals surface area (Å²) in [5.74, 6) is 5.86. The molecule has 0 saturated heterocycles. The van der Waals surface area contributed by atoms with E-state index in [1.807, 2.05) is 30.3 Å². The molecule has 0 bridgehead atoms. The van der Waals surface area contributed by atoms with Crippen LogP contribution in [0.15, 0.2) is 42.5 Å². The molecular weight excluding hydrogens is 326 g/mol. The van der Waals surface area contributed by atoms with Crippen molar-refractivity contribution in [2.45, 2.75) is 20.0 Å². The van der Waals surface area contributed by atoms with Crippen molar-refractivity contribution in [3.05, 3.63) is 64.2 Å². The summed E-state index contributed by atoms with van der Waals surface area (Å²) in [6.45, 7) is 2.35. The summed E-state index contributed by atoms with van der Waals surface area (Å²) in [6, 6.07) is 12.7.